The standard InChI is InChI=1S/C18H12Cl3F2NO3/c1-7-10(15(25)26)5-9(6-13(7)23)17(16(24)27)14(18(17,20)21)8-2-3-12(22)11(19)4-8/h2-6,14H,1H3,(H2,24,27)(H,25,26). The molecule has 0 spiro atoms. The van der Waals surface area contributed by atoms with E-state index < -0.39 is 39.2 Å². The Morgan fingerprint density at radius 2 is 1.78 bits per heavy atom. The van der Waals surface area contributed by atoms with Gasteiger partial charge in [-0.3, -0.25) is 4.79 Å². The summed E-state index contributed by atoms with van der Waals surface area (Å²) in [6, 6.07) is 5.75. The summed E-state index contributed by atoms with van der Waals surface area (Å²) >= 11 is 18.5. The summed E-state index contributed by atoms with van der Waals surface area (Å²) in [6.07, 6.45) is 0. The van der Waals surface area contributed by atoms with E-state index in [1.165, 1.54) is 19.1 Å². The highest BCUT2D eigenvalue weighted by Crippen LogP contribution is 2.74. The van der Waals surface area contributed by atoms with Crippen LogP contribution in [0.5, 0.6) is 0 Å². The first-order valence-corrected chi connectivity index (χ1v) is 8.76. The van der Waals surface area contributed by atoms with Crippen molar-refractivity contribution >= 4 is 46.7 Å². The van der Waals surface area contributed by atoms with E-state index in [-0.39, 0.29) is 21.7 Å². The van der Waals surface area contributed by atoms with Crippen LogP contribution in [0.25, 0.3) is 0 Å². The van der Waals surface area contributed by atoms with Gasteiger partial charge in [-0.05, 0) is 47.9 Å². The van der Waals surface area contributed by atoms with Crippen molar-refractivity contribution in [1.29, 1.82) is 0 Å². The van der Waals surface area contributed by atoms with Crippen LogP contribution in [0.2, 0.25) is 5.02 Å². The Hall–Kier alpha value is -1.89. The quantitative estimate of drug-likeness (QED) is 0.703. The third kappa shape index (κ3) is 2.70. The molecule has 1 amide bonds. The minimum atomic E-state index is -1.81. The van der Waals surface area contributed by atoms with Gasteiger partial charge in [-0.1, -0.05) is 40.9 Å². The van der Waals surface area contributed by atoms with Crippen LogP contribution in [0.4, 0.5) is 8.78 Å². The van der Waals surface area contributed by atoms with Gasteiger partial charge in [0.15, 0.2) is 0 Å². The molecule has 3 N–H and O–H groups in total. The van der Waals surface area contributed by atoms with Crippen LogP contribution in [0.15, 0.2) is 30.3 Å². The van der Waals surface area contributed by atoms with Crippen molar-refractivity contribution in [2.24, 2.45) is 5.73 Å². The normalized spacial score (nSPS) is 23.1. The average Bonchev–Trinajstić information content (AvgIpc) is 3.10. The molecule has 0 aliphatic heterocycles. The predicted octanol–water partition coefficient (Wildman–Crippen LogP) is 4.32. The van der Waals surface area contributed by atoms with Gasteiger partial charge < -0.3 is 10.8 Å². The highest BCUT2D eigenvalue weighted by molar-refractivity contribution is 6.55. The number of benzene rings is 2. The fraction of sp³-hybridized carbons (Fsp3) is 0.222. The number of carboxylic acid groups (broad SMARTS) is 1. The molecule has 2 aromatic carbocycles. The van der Waals surface area contributed by atoms with Crippen molar-refractivity contribution in [3.8, 4) is 0 Å². The lowest BCUT2D eigenvalue weighted by molar-refractivity contribution is -0.120. The molecule has 0 radical (unpaired) electrons. The van der Waals surface area contributed by atoms with Crippen molar-refractivity contribution in [3.63, 3.8) is 0 Å². The summed E-state index contributed by atoms with van der Waals surface area (Å²) in [5.41, 5.74) is 3.53. The Morgan fingerprint density at radius 3 is 2.30 bits per heavy atom. The zero-order chi connectivity index (χ0) is 20.3. The Morgan fingerprint density at radius 1 is 1.15 bits per heavy atom. The second-order valence-corrected chi connectivity index (χ2v) is 8.13. The molecular weight excluding hydrogens is 423 g/mol. The molecule has 1 saturated carbocycles. The lowest BCUT2D eigenvalue weighted by atomic mass is 9.87. The van der Waals surface area contributed by atoms with E-state index in [0.29, 0.717) is 5.56 Å². The minimum Gasteiger partial charge on any atom is -0.478 e. The van der Waals surface area contributed by atoms with Gasteiger partial charge in [0.2, 0.25) is 5.91 Å². The fourth-order valence-electron chi connectivity index (χ4n) is 3.49. The van der Waals surface area contributed by atoms with Crippen molar-refractivity contribution in [3.05, 3.63) is 69.2 Å². The van der Waals surface area contributed by atoms with Gasteiger partial charge in [0.1, 0.15) is 21.4 Å². The first kappa shape index (κ1) is 19.9. The number of aromatic carboxylic acids is 1. The molecule has 3 rings (SSSR count). The number of carbonyl (C=O) groups excluding carboxylic acids is 1. The summed E-state index contributed by atoms with van der Waals surface area (Å²) < 4.78 is 26.0. The molecule has 142 valence electrons. The topological polar surface area (TPSA) is 80.4 Å². The van der Waals surface area contributed by atoms with Crippen LogP contribution in [0.3, 0.4) is 0 Å². The lowest BCUT2D eigenvalue weighted by Gasteiger charge is -2.17. The molecule has 1 fully saturated rings. The number of carboxylic acids is 1. The Bertz CT molecular complexity index is 996. The van der Waals surface area contributed by atoms with Crippen molar-refractivity contribution < 1.29 is 23.5 Å². The van der Waals surface area contributed by atoms with Gasteiger partial charge in [0.25, 0.3) is 0 Å². The molecule has 27 heavy (non-hydrogen) atoms. The molecule has 0 saturated heterocycles. The number of hydrogen-bond acceptors (Lipinski definition) is 2. The second-order valence-electron chi connectivity index (χ2n) is 6.34. The molecule has 2 atom stereocenters. The molecule has 2 unspecified atom stereocenters. The molecule has 4 nitrogen and oxygen atoms in total. The van der Waals surface area contributed by atoms with Gasteiger partial charge in [0.05, 0.1) is 10.6 Å². The van der Waals surface area contributed by atoms with Crippen LogP contribution in [0, 0.1) is 18.6 Å². The van der Waals surface area contributed by atoms with Crippen LogP contribution >= 0.6 is 34.8 Å². The first-order valence-electron chi connectivity index (χ1n) is 7.62. The number of rotatable bonds is 4. The molecule has 1 aliphatic rings. The molecule has 0 heterocycles. The van der Waals surface area contributed by atoms with E-state index >= 15 is 0 Å². The molecule has 0 aromatic heterocycles. The Balaban J connectivity index is 2.25. The Labute approximate surface area is 167 Å². The zero-order valence-electron chi connectivity index (χ0n) is 13.7. The van der Waals surface area contributed by atoms with E-state index in [1.807, 2.05) is 0 Å². The predicted molar refractivity (Wildman–Crippen MR) is 97.6 cm³/mol. The maximum absolute atomic E-state index is 14.3. The van der Waals surface area contributed by atoms with Crippen LogP contribution in [-0.4, -0.2) is 21.3 Å². The van der Waals surface area contributed by atoms with E-state index in [4.69, 9.17) is 40.5 Å². The number of carbonyl (C=O) groups is 2. The molecular formula is C18H12Cl3F2NO3. The number of amides is 1. The zero-order valence-corrected chi connectivity index (χ0v) is 16.0. The third-order valence-electron chi connectivity index (χ3n) is 4.93. The lowest BCUT2D eigenvalue weighted by Crippen LogP contribution is -2.34. The second kappa shape index (κ2) is 6.33. The van der Waals surface area contributed by atoms with Gasteiger partial charge >= 0.3 is 5.97 Å². The maximum atomic E-state index is 14.3. The minimum absolute atomic E-state index is 0.0778. The van der Waals surface area contributed by atoms with E-state index in [1.54, 1.807) is 0 Å². The smallest absolute Gasteiger partial charge is 0.336 e. The van der Waals surface area contributed by atoms with Crippen LogP contribution < -0.4 is 5.73 Å². The SMILES string of the molecule is Cc1c(F)cc(C2(C(N)=O)C(c3ccc(F)c(Cl)c3)C2(Cl)Cl)cc1C(=O)O. The number of alkyl halides is 2. The average molecular weight is 435 g/mol. The molecule has 1 aliphatic carbocycles. The summed E-state index contributed by atoms with van der Waals surface area (Å²) in [7, 11) is 0. The summed E-state index contributed by atoms with van der Waals surface area (Å²) in [5.74, 6) is -4.87. The molecule has 9 heteroatoms. The number of primary amides is 1. The van der Waals surface area contributed by atoms with Gasteiger partial charge in [-0.2, -0.15) is 0 Å². The number of nitrogens with two attached hydrogens (primary N) is 1. The third-order valence-corrected chi connectivity index (χ3v) is 6.26. The van der Waals surface area contributed by atoms with Crippen LogP contribution in [-0.2, 0) is 10.2 Å². The van der Waals surface area contributed by atoms with E-state index in [9.17, 15) is 23.5 Å². The van der Waals surface area contributed by atoms with Gasteiger partial charge in [0, 0.05) is 5.92 Å². The van der Waals surface area contributed by atoms with Crippen molar-refractivity contribution in [2.75, 3.05) is 0 Å². The van der Waals surface area contributed by atoms with Crippen molar-refractivity contribution in [2.45, 2.75) is 22.6 Å². The summed E-state index contributed by atoms with van der Waals surface area (Å²) in [6.45, 7) is 1.29. The molecule has 0 bridgehead atoms. The Kier molecular flexibility index (Phi) is 4.65. The fourth-order valence-corrected chi connectivity index (χ4v) is 4.77. The van der Waals surface area contributed by atoms with Gasteiger partial charge in [-0.25, -0.2) is 13.6 Å². The number of halogens is 5. The van der Waals surface area contributed by atoms with Crippen LogP contribution in [0.1, 0.15) is 33.0 Å². The monoisotopic (exact) mass is 433 g/mol. The van der Waals surface area contributed by atoms with Gasteiger partial charge in [-0.15, -0.1) is 0 Å². The highest BCUT2D eigenvalue weighted by atomic mass is 35.5. The van der Waals surface area contributed by atoms with Crippen molar-refractivity contribution in [1.82, 2.24) is 0 Å². The summed E-state index contributed by atoms with van der Waals surface area (Å²) in [4.78, 5) is 23.8. The number of hydrogen-bond donors (Lipinski definition) is 2. The highest BCUT2D eigenvalue weighted by Gasteiger charge is 2.81. The maximum Gasteiger partial charge on any atom is 0.336 e. The summed E-state index contributed by atoms with van der Waals surface area (Å²) in [5, 5.41) is 9.09. The molecule has 2 aromatic rings. The largest absolute Gasteiger partial charge is 0.478 e. The first-order chi connectivity index (χ1) is 12.5. The van der Waals surface area contributed by atoms with E-state index in [2.05, 4.69) is 0 Å². The van der Waals surface area contributed by atoms with E-state index in [0.717, 1.165) is 18.2 Å².